The lowest BCUT2D eigenvalue weighted by molar-refractivity contribution is -0.384. The molecule has 116 valence electrons. The number of nitrogens with one attached hydrogen (secondary N) is 1. The van der Waals surface area contributed by atoms with Gasteiger partial charge in [0.15, 0.2) is 11.5 Å². The number of benzene rings is 1. The van der Waals surface area contributed by atoms with Gasteiger partial charge >= 0.3 is 0 Å². The van der Waals surface area contributed by atoms with Gasteiger partial charge in [0.05, 0.1) is 11.0 Å². The third-order valence-corrected chi connectivity index (χ3v) is 3.26. The first-order valence-electron chi connectivity index (χ1n) is 7.06. The summed E-state index contributed by atoms with van der Waals surface area (Å²) in [7, 11) is 0. The van der Waals surface area contributed by atoms with E-state index in [0.29, 0.717) is 42.9 Å². The quantitative estimate of drug-likeness (QED) is 0.616. The molecule has 0 amide bonds. The molecule has 0 saturated carbocycles. The maximum atomic E-state index is 11.2. The summed E-state index contributed by atoms with van der Waals surface area (Å²) in [4.78, 5) is 10.8. The van der Waals surface area contributed by atoms with Crippen LogP contribution in [0.3, 0.4) is 0 Å². The fourth-order valence-electron chi connectivity index (χ4n) is 2.35. The van der Waals surface area contributed by atoms with Crippen LogP contribution in [0.4, 0.5) is 11.4 Å². The first-order chi connectivity index (χ1) is 10.0. The number of nitro groups is 1. The zero-order valence-corrected chi connectivity index (χ0v) is 12.3. The number of hydrogen-bond donors (Lipinski definition) is 2. The predicted octanol–water partition coefficient (Wildman–Crippen LogP) is 2.15. The van der Waals surface area contributed by atoms with E-state index in [2.05, 4.69) is 19.2 Å². The van der Waals surface area contributed by atoms with Gasteiger partial charge in [0.1, 0.15) is 18.9 Å². The smallest absolute Gasteiger partial charge is 0.296 e. The Labute approximate surface area is 123 Å². The van der Waals surface area contributed by atoms with Gasteiger partial charge in [-0.15, -0.1) is 0 Å². The van der Waals surface area contributed by atoms with Gasteiger partial charge in [-0.05, 0) is 12.3 Å². The van der Waals surface area contributed by atoms with E-state index in [9.17, 15) is 10.1 Å². The molecular weight excluding hydrogens is 274 g/mol. The van der Waals surface area contributed by atoms with Crippen LogP contribution in [0.1, 0.15) is 20.3 Å². The molecular formula is C14H21N3O4. The molecule has 0 aromatic heterocycles. The molecule has 2 rings (SSSR count). The second-order valence-corrected chi connectivity index (χ2v) is 5.48. The fraction of sp³-hybridized carbons (Fsp3) is 0.571. The highest BCUT2D eigenvalue weighted by molar-refractivity contribution is 5.69. The number of ether oxygens (including phenoxy) is 2. The van der Waals surface area contributed by atoms with Crippen LogP contribution < -0.4 is 20.5 Å². The van der Waals surface area contributed by atoms with E-state index < -0.39 is 4.92 Å². The third kappa shape index (κ3) is 3.75. The number of hydrogen-bond acceptors (Lipinski definition) is 6. The van der Waals surface area contributed by atoms with E-state index in [1.165, 1.54) is 6.07 Å². The summed E-state index contributed by atoms with van der Waals surface area (Å²) in [6.07, 6.45) is 0.835. The molecule has 7 heteroatoms. The Morgan fingerprint density at radius 1 is 1.33 bits per heavy atom. The lowest BCUT2D eigenvalue weighted by Gasteiger charge is -2.22. The molecule has 0 radical (unpaired) electrons. The molecule has 1 aliphatic rings. The fourth-order valence-corrected chi connectivity index (χ4v) is 2.35. The SMILES string of the molecule is CC(C)CC(CN)Nc1cc2c(cc1[N+](=O)[O-])OCCO2. The number of nitrogens with zero attached hydrogens (tertiary/aromatic N) is 1. The molecule has 1 unspecified atom stereocenters. The van der Waals surface area contributed by atoms with E-state index >= 15 is 0 Å². The van der Waals surface area contributed by atoms with Crippen molar-refractivity contribution in [3.05, 3.63) is 22.2 Å². The topological polar surface area (TPSA) is 99.7 Å². The number of fused-ring (bicyclic) bond motifs is 1. The zero-order chi connectivity index (χ0) is 15.4. The Morgan fingerprint density at radius 3 is 2.48 bits per heavy atom. The van der Waals surface area contributed by atoms with Crippen LogP contribution in [0.25, 0.3) is 0 Å². The molecule has 1 aromatic rings. The van der Waals surface area contributed by atoms with Gasteiger partial charge in [-0.1, -0.05) is 13.8 Å². The molecule has 0 fully saturated rings. The van der Waals surface area contributed by atoms with Crippen LogP contribution in [0.15, 0.2) is 12.1 Å². The summed E-state index contributed by atoms with van der Waals surface area (Å²) in [6, 6.07) is 3.00. The Hall–Kier alpha value is -2.02. The van der Waals surface area contributed by atoms with E-state index in [-0.39, 0.29) is 11.7 Å². The average Bonchev–Trinajstić information content (AvgIpc) is 2.45. The standard InChI is InChI=1S/C14H21N3O4/c1-9(2)5-10(8-15)16-11-6-13-14(21-4-3-20-13)7-12(11)17(18)19/h6-7,9-10,16H,3-5,8,15H2,1-2H3. The van der Waals surface area contributed by atoms with Crippen molar-refractivity contribution in [2.24, 2.45) is 11.7 Å². The van der Waals surface area contributed by atoms with Crippen molar-refractivity contribution >= 4 is 11.4 Å². The Morgan fingerprint density at radius 2 is 1.95 bits per heavy atom. The first kappa shape index (κ1) is 15.4. The molecule has 1 aliphatic heterocycles. The molecule has 21 heavy (non-hydrogen) atoms. The minimum absolute atomic E-state index is 0.0220. The predicted molar refractivity (Wildman–Crippen MR) is 80.0 cm³/mol. The molecule has 3 N–H and O–H groups in total. The Balaban J connectivity index is 2.29. The van der Waals surface area contributed by atoms with Crippen molar-refractivity contribution in [2.75, 3.05) is 25.1 Å². The van der Waals surface area contributed by atoms with Crippen LogP contribution >= 0.6 is 0 Å². The van der Waals surface area contributed by atoms with Crippen LogP contribution in [-0.4, -0.2) is 30.7 Å². The van der Waals surface area contributed by atoms with Gasteiger partial charge in [0, 0.05) is 18.7 Å². The molecule has 1 heterocycles. The van der Waals surface area contributed by atoms with Gasteiger partial charge < -0.3 is 20.5 Å². The maximum absolute atomic E-state index is 11.2. The second kappa shape index (κ2) is 6.62. The molecule has 0 spiro atoms. The molecule has 0 aliphatic carbocycles. The van der Waals surface area contributed by atoms with Crippen molar-refractivity contribution in [3.63, 3.8) is 0 Å². The second-order valence-electron chi connectivity index (χ2n) is 5.48. The molecule has 1 aromatic carbocycles. The van der Waals surface area contributed by atoms with Crippen LogP contribution in [-0.2, 0) is 0 Å². The van der Waals surface area contributed by atoms with Crippen LogP contribution in [0, 0.1) is 16.0 Å². The summed E-state index contributed by atoms with van der Waals surface area (Å²) >= 11 is 0. The third-order valence-electron chi connectivity index (χ3n) is 3.26. The largest absolute Gasteiger partial charge is 0.486 e. The van der Waals surface area contributed by atoms with Crippen molar-refractivity contribution in [1.29, 1.82) is 0 Å². The molecule has 0 saturated heterocycles. The maximum Gasteiger partial charge on any atom is 0.296 e. The Bertz CT molecular complexity index is 519. The van der Waals surface area contributed by atoms with Crippen molar-refractivity contribution in [1.82, 2.24) is 0 Å². The number of anilines is 1. The molecule has 0 bridgehead atoms. The highest BCUT2D eigenvalue weighted by Gasteiger charge is 2.23. The van der Waals surface area contributed by atoms with E-state index in [4.69, 9.17) is 15.2 Å². The molecule has 1 atom stereocenters. The summed E-state index contributed by atoms with van der Waals surface area (Å²) in [5.41, 5.74) is 6.14. The van der Waals surface area contributed by atoms with Crippen molar-refractivity contribution < 1.29 is 14.4 Å². The van der Waals surface area contributed by atoms with E-state index in [0.717, 1.165) is 6.42 Å². The highest BCUT2D eigenvalue weighted by atomic mass is 16.6. The van der Waals surface area contributed by atoms with Crippen LogP contribution in [0.5, 0.6) is 11.5 Å². The van der Waals surface area contributed by atoms with Crippen molar-refractivity contribution in [3.8, 4) is 11.5 Å². The van der Waals surface area contributed by atoms with E-state index in [1.807, 2.05) is 0 Å². The summed E-state index contributed by atoms with van der Waals surface area (Å²) in [5, 5.41) is 14.4. The summed E-state index contributed by atoms with van der Waals surface area (Å²) < 4.78 is 10.9. The summed E-state index contributed by atoms with van der Waals surface area (Å²) in [6.45, 7) is 5.42. The van der Waals surface area contributed by atoms with Gasteiger partial charge in [-0.3, -0.25) is 10.1 Å². The first-order valence-corrected chi connectivity index (χ1v) is 7.06. The average molecular weight is 295 g/mol. The lowest BCUT2D eigenvalue weighted by Crippen LogP contribution is -2.30. The van der Waals surface area contributed by atoms with Crippen molar-refractivity contribution in [2.45, 2.75) is 26.3 Å². The monoisotopic (exact) mass is 295 g/mol. The normalized spacial score (nSPS) is 14.9. The van der Waals surface area contributed by atoms with Gasteiger partial charge in [-0.25, -0.2) is 0 Å². The number of rotatable bonds is 6. The van der Waals surface area contributed by atoms with Gasteiger partial charge in [-0.2, -0.15) is 0 Å². The number of nitro benzene ring substituents is 1. The summed E-state index contributed by atoms with van der Waals surface area (Å²) in [5.74, 6) is 1.38. The minimum atomic E-state index is -0.427. The van der Waals surface area contributed by atoms with Gasteiger partial charge in [0.2, 0.25) is 0 Å². The van der Waals surface area contributed by atoms with Gasteiger partial charge in [0.25, 0.3) is 5.69 Å². The molecule has 7 nitrogen and oxygen atoms in total. The van der Waals surface area contributed by atoms with E-state index in [1.54, 1.807) is 6.07 Å². The lowest BCUT2D eigenvalue weighted by atomic mass is 10.0. The Kier molecular flexibility index (Phi) is 4.85. The highest BCUT2D eigenvalue weighted by Crippen LogP contribution is 2.39. The van der Waals surface area contributed by atoms with Crippen LogP contribution in [0.2, 0.25) is 0 Å². The zero-order valence-electron chi connectivity index (χ0n) is 12.3. The number of nitrogens with two attached hydrogens (primary N) is 1. The minimum Gasteiger partial charge on any atom is -0.486 e.